The predicted molar refractivity (Wildman–Crippen MR) is 116 cm³/mol. The van der Waals surface area contributed by atoms with Gasteiger partial charge in [-0.05, 0) is 17.5 Å². The molecule has 0 aliphatic rings. The number of hydrogen-bond donors (Lipinski definition) is 4. The Balaban J connectivity index is 1.69. The van der Waals surface area contributed by atoms with Gasteiger partial charge in [0, 0.05) is 0 Å². The molecule has 0 aliphatic carbocycles. The smallest absolute Gasteiger partial charge is 0.407 e. The van der Waals surface area contributed by atoms with Crippen LogP contribution < -0.4 is 16.0 Å². The van der Waals surface area contributed by atoms with E-state index in [1.54, 1.807) is 0 Å². The van der Waals surface area contributed by atoms with E-state index in [0.29, 0.717) is 6.42 Å². The Kier molecular flexibility index (Phi) is 10.3. The monoisotopic (exact) mass is 447 g/mol. The number of nitrogens with one attached hydrogen (secondary N) is 3. The van der Waals surface area contributed by atoms with Gasteiger partial charge in [0.25, 0.3) is 0 Å². The number of aliphatic hydroxyl groups excluding tert-OH is 1. The second-order valence-electron chi connectivity index (χ2n) is 6.78. The SMILES string of the molecule is O=C(CNC(=O)OCc1ccccc1)NCC(=O)N[C@@H](Cc1ccccc1)[C@@H](O)CCl. The number of ether oxygens (including phenoxy) is 1. The average Bonchev–Trinajstić information content (AvgIpc) is 2.80. The maximum Gasteiger partial charge on any atom is 0.407 e. The summed E-state index contributed by atoms with van der Waals surface area (Å²) in [6.45, 7) is -0.555. The zero-order valence-electron chi connectivity index (χ0n) is 16.9. The lowest BCUT2D eigenvalue weighted by atomic mass is 10.0. The summed E-state index contributed by atoms with van der Waals surface area (Å²) in [5, 5.41) is 17.5. The number of benzene rings is 2. The molecule has 0 unspecified atom stereocenters. The van der Waals surface area contributed by atoms with Crippen molar-refractivity contribution < 1.29 is 24.2 Å². The quantitative estimate of drug-likeness (QED) is 0.388. The lowest BCUT2D eigenvalue weighted by Crippen LogP contribution is -2.49. The van der Waals surface area contributed by atoms with E-state index in [9.17, 15) is 19.5 Å². The van der Waals surface area contributed by atoms with Crippen LogP contribution in [-0.4, -0.2) is 54.1 Å². The van der Waals surface area contributed by atoms with Crippen molar-refractivity contribution >= 4 is 29.5 Å². The van der Waals surface area contributed by atoms with Gasteiger partial charge in [0.05, 0.1) is 24.6 Å². The van der Waals surface area contributed by atoms with Crippen LogP contribution in [0.1, 0.15) is 11.1 Å². The van der Waals surface area contributed by atoms with Gasteiger partial charge in [-0.3, -0.25) is 9.59 Å². The number of halogens is 1. The third-order valence-electron chi connectivity index (χ3n) is 4.32. The molecule has 0 aliphatic heterocycles. The first kappa shape index (κ1) is 24.2. The third kappa shape index (κ3) is 9.50. The van der Waals surface area contributed by atoms with Crippen LogP contribution in [0.5, 0.6) is 0 Å². The van der Waals surface area contributed by atoms with Gasteiger partial charge in [-0.15, -0.1) is 11.6 Å². The van der Waals surface area contributed by atoms with Crippen LogP contribution in [0, 0.1) is 0 Å². The summed E-state index contributed by atoms with van der Waals surface area (Å²) in [5.41, 5.74) is 1.75. The number of carbonyl (C=O) groups excluding carboxylic acids is 3. The zero-order valence-corrected chi connectivity index (χ0v) is 17.7. The van der Waals surface area contributed by atoms with Crippen molar-refractivity contribution in [2.24, 2.45) is 0 Å². The van der Waals surface area contributed by atoms with Crippen LogP contribution in [0.4, 0.5) is 4.79 Å². The predicted octanol–water partition coefficient (Wildman–Crippen LogP) is 1.36. The molecule has 2 aromatic rings. The van der Waals surface area contributed by atoms with Crippen LogP contribution in [0.2, 0.25) is 0 Å². The lowest BCUT2D eigenvalue weighted by molar-refractivity contribution is -0.126. The molecule has 0 heterocycles. The van der Waals surface area contributed by atoms with Gasteiger partial charge in [0.2, 0.25) is 11.8 Å². The Morgan fingerprint density at radius 1 is 0.871 bits per heavy atom. The van der Waals surface area contributed by atoms with Gasteiger partial charge in [-0.2, -0.15) is 0 Å². The first-order valence-electron chi connectivity index (χ1n) is 9.76. The molecule has 2 rings (SSSR count). The molecular weight excluding hydrogens is 422 g/mol. The Labute approximate surface area is 185 Å². The largest absolute Gasteiger partial charge is 0.445 e. The van der Waals surface area contributed by atoms with Gasteiger partial charge in [0.1, 0.15) is 13.2 Å². The molecule has 2 atom stereocenters. The van der Waals surface area contributed by atoms with E-state index < -0.39 is 30.1 Å². The minimum atomic E-state index is -0.942. The normalized spacial score (nSPS) is 12.3. The molecule has 0 saturated heterocycles. The molecule has 2 aromatic carbocycles. The first-order chi connectivity index (χ1) is 15.0. The number of aliphatic hydroxyl groups is 1. The summed E-state index contributed by atoms with van der Waals surface area (Å²) < 4.78 is 5.00. The second-order valence-corrected chi connectivity index (χ2v) is 7.09. The van der Waals surface area contributed by atoms with Crippen LogP contribution in [0.3, 0.4) is 0 Å². The number of alkyl halides is 1. The number of alkyl carbamates (subject to hydrolysis) is 1. The van der Waals surface area contributed by atoms with Crippen molar-refractivity contribution in [1.82, 2.24) is 16.0 Å². The molecule has 0 aromatic heterocycles. The minimum absolute atomic E-state index is 0.0425. The Hall–Kier alpha value is -3.10. The van der Waals surface area contributed by atoms with Crippen molar-refractivity contribution in [2.45, 2.75) is 25.2 Å². The summed E-state index contributed by atoms with van der Waals surface area (Å²) in [5.74, 6) is -1.08. The molecule has 166 valence electrons. The van der Waals surface area contributed by atoms with Crippen LogP contribution in [0.25, 0.3) is 0 Å². The average molecular weight is 448 g/mol. The highest BCUT2D eigenvalue weighted by Gasteiger charge is 2.21. The fourth-order valence-corrected chi connectivity index (χ4v) is 2.90. The molecule has 3 amide bonds. The van der Waals surface area contributed by atoms with E-state index in [4.69, 9.17) is 16.3 Å². The molecule has 0 saturated carbocycles. The van der Waals surface area contributed by atoms with Crippen molar-refractivity contribution in [3.8, 4) is 0 Å². The molecular formula is C22H26ClN3O5. The highest BCUT2D eigenvalue weighted by atomic mass is 35.5. The van der Waals surface area contributed by atoms with Crippen LogP contribution >= 0.6 is 11.6 Å². The maximum absolute atomic E-state index is 12.2. The highest BCUT2D eigenvalue weighted by Crippen LogP contribution is 2.07. The Bertz CT molecular complexity index is 836. The summed E-state index contributed by atoms with van der Waals surface area (Å²) in [7, 11) is 0. The van der Waals surface area contributed by atoms with E-state index in [1.807, 2.05) is 60.7 Å². The number of amides is 3. The fourth-order valence-electron chi connectivity index (χ4n) is 2.68. The standard InChI is InChI=1S/C22H26ClN3O5/c23-12-19(27)18(11-16-7-3-1-4-8-16)26-21(29)14-24-20(28)13-25-22(30)31-15-17-9-5-2-6-10-17/h1-10,18-19,27H,11-15H2,(H,24,28)(H,25,30)(H,26,29)/t18-,19-/m0/s1. The van der Waals surface area contributed by atoms with Crippen LogP contribution in [0.15, 0.2) is 60.7 Å². The van der Waals surface area contributed by atoms with E-state index >= 15 is 0 Å². The van der Waals surface area contributed by atoms with Gasteiger partial charge in [-0.1, -0.05) is 60.7 Å². The third-order valence-corrected chi connectivity index (χ3v) is 4.64. The van der Waals surface area contributed by atoms with Gasteiger partial charge in [0.15, 0.2) is 0 Å². The fraction of sp³-hybridized carbons (Fsp3) is 0.318. The highest BCUT2D eigenvalue weighted by molar-refractivity contribution is 6.18. The molecule has 4 N–H and O–H groups in total. The summed E-state index contributed by atoms with van der Waals surface area (Å²) in [6.07, 6.45) is -1.29. The van der Waals surface area contributed by atoms with Gasteiger partial charge in [-0.25, -0.2) is 4.79 Å². The summed E-state index contributed by atoms with van der Waals surface area (Å²) in [4.78, 5) is 35.7. The molecule has 31 heavy (non-hydrogen) atoms. The number of rotatable bonds is 11. The number of hydrogen-bond acceptors (Lipinski definition) is 5. The maximum atomic E-state index is 12.2. The van der Waals surface area contributed by atoms with Gasteiger partial charge < -0.3 is 25.8 Å². The molecule has 0 radical (unpaired) electrons. The van der Waals surface area contributed by atoms with E-state index in [0.717, 1.165) is 11.1 Å². The molecule has 0 spiro atoms. The zero-order chi connectivity index (χ0) is 22.5. The molecule has 0 bridgehead atoms. The number of carbonyl (C=O) groups is 3. The van der Waals surface area contributed by atoms with E-state index in [2.05, 4.69) is 16.0 Å². The van der Waals surface area contributed by atoms with Crippen molar-refractivity contribution in [2.75, 3.05) is 19.0 Å². The Morgan fingerprint density at radius 2 is 1.45 bits per heavy atom. The second kappa shape index (κ2) is 13.3. The van der Waals surface area contributed by atoms with E-state index in [1.165, 1.54) is 0 Å². The van der Waals surface area contributed by atoms with Crippen molar-refractivity contribution in [3.05, 3.63) is 71.8 Å². The first-order valence-corrected chi connectivity index (χ1v) is 10.3. The van der Waals surface area contributed by atoms with E-state index in [-0.39, 0.29) is 25.6 Å². The molecule has 0 fully saturated rings. The topological polar surface area (TPSA) is 117 Å². The molecule has 9 heteroatoms. The van der Waals surface area contributed by atoms with Crippen molar-refractivity contribution in [3.63, 3.8) is 0 Å². The van der Waals surface area contributed by atoms with Crippen molar-refractivity contribution in [1.29, 1.82) is 0 Å². The summed E-state index contributed by atoms with van der Waals surface area (Å²) in [6, 6.07) is 17.9. The molecule has 8 nitrogen and oxygen atoms in total. The van der Waals surface area contributed by atoms with Crippen LogP contribution in [-0.2, 0) is 27.4 Å². The van der Waals surface area contributed by atoms with Gasteiger partial charge >= 0.3 is 6.09 Å². The lowest BCUT2D eigenvalue weighted by Gasteiger charge is -2.23. The Morgan fingerprint density at radius 3 is 2.06 bits per heavy atom. The minimum Gasteiger partial charge on any atom is -0.445 e. The summed E-state index contributed by atoms with van der Waals surface area (Å²) >= 11 is 5.74.